The molecule has 0 aromatic heterocycles. The van der Waals surface area contributed by atoms with E-state index < -0.39 is 12.1 Å². The van der Waals surface area contributed by atoms with Gasteiger partial charge in [-0.3, -0.25) is 4.79 Å². The largest absolute Gasteiger partial charge is 0.394 e. The van der Waals surface area contributed by atoms with E-state index in [0.29, 0.717) is 6.42 Å². The van der Waals surface area contributed by atoms with E-state index in [4.69, 9.17) is 0 Å². The topological polar surface area (TPSA) is 69.6 Å². The lowest BCUT2D eigenvalue weighted by molar-refractivity contribution is -0.123. The van der Waals surface area contributed by atoms with Crippen LogP contribution in [0.4, 0.5) is 0 Å². The number of carbonyl (C=O) groups excluding carboxylic acids is 1. The Morgan fingerprint density at radius 2 is 0.707 bits per heavy atom. The predicted octanol–water partition coefficient (Wildman–Crippen LogP) is 16.9. The molecule has 3 N–H and O–H groups in total. The van der Waals surface area contributed by atoms with Gasteiger partial charge in [0.15, 0.2) is 0 Å². The first-order valence-corrected chi connectivity index (χ1v) is 26.2. The van der Waals surface area contributed by atoms with Crippen LogP contribution in [-0.4, -0.2) is 34.9 Å². The van der Waals surface area contributed by atoms with Crippen molar-refractivity contribution in [3.8, 4) is 0 Å². The molecule has 342 valence electrons. The molecule has 0 heterocycles. The second-order valence-corrected chi connectivity index (χ2v) is 17.9. The van der Waals surface area contributed by atoms with Gasteiger partial charge in [-0.15, -0.1) is 0 Å². The Morgan fingerprint density at radius 1 is 0.414 bits per heavy atom. The highest BCUT2D eigenvalue weighted by atomic mass is 16.3. The fourth-order valence-electron chi connectivity index (χ4n) is 8.09. The van der Waals surface area contributed by atoms with E-state index in [1.165, 1.54) is 231 Å². The van der Waals surface area contributed by atoms with Crippen LogP contribution in [0.1, 0.15) is 284 Å². The van der Waals surface area contributed by atoms with E-state index in [-0.39, 0.29) is 12.5 Å². The first kappa shape index (κ1) is 56.6. The van der Waals surface area contributed by atoms with Crippen molar-refractivity contribution < 1.29 is 15.0 Å². The molecule has 0 aromatic carbocycles. The number of amides is 1. The highest BCUT2D eigenvalue weighted by molar-refractivity contribution is 5.76. The second-order valence-electron chi connectivity index (χ2n) is 17.9. The number of hydrogen-bond acceptors (Lipinski definition) is 3. The maximum atomic E-state index is 12.4. The van der Waals surface area contributed by atoms with Crippen molar-refractivity contribution in [2.75, 3.05) is 6.61 Å². The average Bonchev–Trinajstić information content (AvgIpc) is 3.23. The van der Waals surface area contributed by atoms with E-state index in [9.17, 15) is 15.0 Å². The SMILES string of the molecule is CCCCC/C=C\C/C=C\CCCCCCCCCCCC(=O)NC(CO)C(O)/C=C/CCCCCCCCCCCCCCCCCCCCCCCCCCC. The predicted molar refractivity (Wildman–Crippen MR) is 258 cm³/mol. The fourth-order valence-corrected chi connectivity index (χ4v) is 8.09. The standard InChI is InChI=1S/C54H103NO3/c1-3-5-7-9-11-13-15-17-19-21-23-24-25-26-27-28-29-30-32-33-35-37-39-41-43-45-47-49-53(57)52(51-56)55-54(58)50-48-46-44-42-40-38-36-34-31-22-20-18-16-14-12-10-8-6-4-2/h12,14,18,20,47,49,52-53,56-57H,3-11,13,15-17,19,21-46,48,50-51H2,1-2H3,(H,55,58)/b14-12-,20-18-,49-47+. The Morgan fingerprint density at radius 3 is 1.07 bits per heavy atom. The van der Waals surface area contributed by atoms with Gasteiger partial charge < -0.3 is 15.5 Å². The summed E-state index contributed by atoms with van der Waals surface area (Å²) in [5, 5.41) is 23.1. The van der Waals surface area contributed by atoms with Crippen LogP contribution >= 0.6 is 0 Å². The van der Waals surface area contributed by atoms with Gasteiger partial charge in [0, 0.05) is 6.42 Å². The number of carbonyl (C=O) groups is 1. The van der Waals surface area contributed by atoms with Crippen molar-refractivity contribution in [1.29, 1.82) is 0 Å². The first-order chi connectivity index (χ1) is 28.7. The summed E-state index contributed by atoms with van der Waals surface area (Å²) in [5.74, 6) is -0.0660. The molecule has 0 aliphatic carbocycles. The second kappa shape index (κ2) is 50.0. The van der Waals surface area contributed by atoms with E-state index >= 15 is 0 Å². The lowest BCUT2D eigenvalue weighted by Gasteiger charge is -2.20. The van der Waals surface area contributed by atoms with E-state index in [1.54, 1.807) is 6.08 Å². The summed E-state index contributed by atoms with van der Waals surface area (Å²) >= 11 is 0. The van der Waals surface area contributed by atoms with Crippen LogP contribution < -0.4 is 5.32 Å². The summed E-state index contributed by atoms with van der Waals surface area (Å²) < 4.78 is 0. The fraction of sp³-hybridized carbons (Fsp3) is 0.870. The molecule has 0 aliphatic heterocycles. The maximum absolute atomic E-state index is 12.4. The van der Waals surface area contributed by atoms with Crippen LogP contribution in [0.25, 0.3) is 0 Å². The van der Waals surface area contributed by atoms with Gasteiger partial charge in [0.1, 0.15) is 0 Å². The van der Waals surface area contributed by atoms with Gasteiger partial charge in [-0.1, -0.05) is 262 Å². The zero-order valence-corrected chi connectivity index (χ0v) is 39.3. The van der Waals surface area contributed by atoms with Gasteiger partial charge in [0.2, 0.25) is 5.91 Å². The van der Waals surface area contributed by atoms with E-state index in [0.717, 1.165) is 32.1 Å². The van der Waals surface area contributed by atoms with Gasteiger partial charge in [0.05, 0.1) is 18.8 Å². The molecule has 0 spiro atoms. The summed E-state index contributed by atoms with van der Waals surface area (Å²) in [6.45, 7) is 4.31. The van der Waals surface area contributed by atoms with E-state index in [1.807, 2.05) is 6.08 Å². The van der Waals surface area contributed by atoms with Crippen LogP contribution in [0.3, 0.4) is 0 Å². The van der Waals surface area contributed by atoms with Gasteiger partial charge in [-0.25, -0.2) is 0 Å². The van der Waals surface area contributed by atoms with Crippen molar-refractivity contribution in [2.45, 2.75) is 296 Å². The molecular weight excluding hydrogens is 711 g/mol. The van der Waals surface area contributed by atoms with E-state index in [2.05, 4.69) is 43.5 Å². The summed E-state index contributed by atoms with van der Waals surface area (Å²) in [4.78, 5) is 12.4. The Balaban J connectivity index is 3.49. The number of aliphatic hydroxyl groups excluding tert-OH is 2. The third-order valence-electron chi connectivity index (χ3n) is 12.1. The molecule has 0 fully saturated rings. The number of nitrogens with one attached hydrogen (secondary N) is 1. The quantitative estimate of drug-likeness (QED) is 0.0423. The Labute approximate surface area is 363 Å². The number of aliphatic hydroxyl groups is 2. The normalized spacial score (nSPS) is 13.1. The number of unbranched alkanes of at least 4 members (excludes halogenated alkanes) is 37. The lowest BCUT2D eigenvalue weighted by atomic mass is 10.0. The molecule has 4 heteroatoms. The van der Waals surface area contributed by atoms with Crippen molar-refractivity contribution in [3.05, 3.63) is 36.5 Å². The van der Waals surface area contributed by atoms with Crippen molar-refractivity contribution in [1.82, 2.24) is 5.32 Å². The van der Waals surface area contributed by atoms with Crippen LogP contribution in [-0.2, 0) is 4.79 Å². The Bertz CT molecular complexity index is 882. The Kier molecular flexibility index (Phi) is 48.8. The van der Waals surface area contributed by atoms with Crippen molar-refractivity contribution in [3.63, 3.8) is 0 Å². The van der Waals surface area contributed by atoms with Gasteiger partial charge in [-0.05, 0) is 51.4 Å². The van der Waals surface area contributed by atoms with Crippen LogP contribution in [0.2, 0.25) is 0 Å². The van der Waals surface area contributed by atoms with Crippen LogP contribution in [0.5, 0.6) is 0 Å². The number of hydrogen-bond donors (Lipinski definition) is 3. The molecular formula is C54H103NO3. The molecule has 0 rings (SSSR count). The first-order valence-electron chi connectivity index (χ1n) is 26.2. The summed E-state index contributed by atoms with van der Waals surface area (Å²) in [5.41, 5.74) is 0. The molecule has 2 unspecified atom stereocenters. The zero-order valence-electron chi connectivity index (χ0n) is 39.3. The number of allylic oxidation sites excluding steroid dienone is 5. The highest BCUT2D eigenvalue weighted by Crippen LogP contribution is 2.17. The lowest BCUT2D eigenvalue weighted by Crippen LogP contribution is -2.45. The third-order valence-corrected chi connectivity index (χ3v) is 12.1. The molecule has 1 amide bonds. The smallest absolute Gasteiger partial charge is 0.220 e. The minimum atomic E-state index is -0.841. The van der Waals surface area contributed by atoms with Crippen molar-refractivity contribution >= 4 is 5.91 Å². The summed E-state index contributed by atoms with van der Waals surface area (Å²) in [6, 6.07) is -0.625. The molecule has 2 atom stereocenters. The molecule has 4 nitrogen and oxygen atoms in total. The molecule has 0 saturated carbocycles. The monoisotopic (exact) mass is 814 g/mol. The van der Waals surface area contributed by atoms with Gasteiger partial charge in [-0.2, -0.15) is 0 Å². The molecule has 58 heavy (non-hydrogen) atoms. The van der Waals surface area contributed by atoms with Gasteiger partial charge >= 0.3 is 0 Å². The molecule has 0 radical (unpaired) electrons. The minimum absolute atomic E-state index is 0.0660. The highest BCUT2D eigenvalue weighted by Gasteiger charge is 2.18. The third kappa shape index (κ3) is 45.7. The number of rotatable bonds is 48. The summed E-state index contributed by atoms with van der Waals surface area (Å²) in [7, 11) is 0. The van der Waals surface area contributed by atoms with Gasteiger partial charge in [0.25, 0.3) is 0 Å². The van der Waals surface area contributed by atoms with Crippen molar-refractivity contribution in [2.24, 2.45) is 0 Å². The molecule has 0 aliphatic rings. The molecule has 0 bridgehead atoms. The summed E-state index contributed by atoms with van der Waals surface area (Å²) in [6.07, 6.45) is 67.2. The zero-order chi connectivity index (χ0) is 42.1. The maximum Gasteiger partial charge on any atom is 0.220 e. The molecule has 0 aromatic rings. The average molecular weight is 814 g/mol. The molecule has 0 saturated heterocycles. The van der Waals surface area contributed by atoms with Crippen LogP contribution in [0, 0.1) is 0 Å². The Hall–Kier alpha value is -1.39. The van der Waals surface area contributed by atoms with Crippen LogP contribution in [0.15, 0.2) is 36.5 Å². The minimum Gasteiger partial charge on any atom is -0.394 e.